The van der Waals surface area contributed by atoms with Crippen molar-refractivity contribution < 1.29 is 18.7 Å². The molecule has 3 aromatic rings. The molecule has 34 heavy (non-hydrogen) atoms. The SMILES string of the molecule is CCOc1cc(/C=C2\SC(=S)N(c3ccccc3F)C2=O)ccc1OCc1ccccc1C#N. The van der Waals surface area contributed by atoms with Gasteiger partial charge in [-0.3, -0.25) is 9.69 Å². The smallest absolute Gasteiger partial charge is 0.270 e. The van der Waals surface area contributed by atoms with Gasteiger partial charge in [0.15, 0.2) is 15.8 Å². The van der Waals surface area contributed by atoms with Gasteiger partial charge in [0.1, 0.15) is 12.4 Å². The molecule has 1 aliphatic rings. The zero-order chi connectivity index (χ0) is 24.1. The molecule has 5 nitrogen and oxygen atoms in total. The maximum absolute atomic E-state index is 14.2. The molecule has 0 atom stereocenters. The van der Waals surface area contributed by atoms with Gasteiger partial charge in [0.2, 0.25) is 0 Å². The largest absolute Gasteiger partial charge is 0.490 e. The van der Waals surface area contributed by atoms with Gasteiger partial charge in [0.25, 0.3) is 5.91 Å². The molecule has 8 heteroatoms. The number of nitrogens with zero attached hydrogens (tertiary/aromatic N) is 2. The molecule has 1 amide bonds. The molecule has 0 bridgehead atoms. The van der Waals surface area contributed by atoms with Crippen LogP contribution in [0.1, 0.15) is 23.6 Å². The first-order chi connectivity index (χ1) is 16.5. The minimum absolute atomic E-state index is 0.129. The fraction of sp³-hybridized carbons (Fsp3) is 0.115. The van der Waals surface area contributed by atoms with Crippen LogP contribution < -0.4 is 14.4 Å². The molecule has 0 radical (unpaired) electrons. The van der Waals surface area contributed by atoms with Crippen molar-refractivity contribution in [3.63, 3.8) is 0 Å². The van der Waals surface area contributed by atoms with E-state index in [-0.39, 0.29) is 22.5 Å². The van der Waals surface area contributed by atoms with Crippen molar-refractivity contribution >= 4 is 46.0 Å². The summed E-state index contributed by atoms with van der Waals surface area (Å²) in [7, 11) is 0. The molecule has 3 aromatic carbocycles. The Balaban J connectivity index is 1.57. The second kappa shape index (κ2) is 10.5. The molecule has 1 aliphatic heterocycles. The number of carbonyl (C=O) groups excluding carboxylic acids is 1. The highest BCUT2D eigenvalue weighted by Crippen LogP contribution is 2.38. The third-order valence-corrected chi connectivity index (χ3v) is 6.28. The van der Waals surface area contributed by atoms with Crippen molar-refractivity contribution in [1.82, 2.24) is 0 Å². The number of hydrogen-bond donors (Lipinski definition) is 0. The molecule has 1 fully saturated rings. The molecule has 1 heterocycles. The van der Waals surface area contributed by atoms with Crippen molar-refractivity contribution in [3.05, 3.63) is 94.1 Å². The molecule has 0 aliphatic carbocycles. The monoisotopic (exact) mass is 490 g/mol. The Hall–Kier alpha value is -3.67. The quantitative estimate of drug-likeness (QED) is 0.295. The van der Waals surface area contributed by atoms with E-state index >= 15 is 0 Å². The number of nitriles is 1. The Bertz CT molecular complexity index is 1330. The van der Waals surface area contributed by atoms with Crippen LogP contribution >= 0.6 is 24.0 Å². The molecule has 4 rings (SSSR count). The van der Waals surface area contributed by atoms with Gasteiger partial charge in [0.05, 0.1) is 28.8 Å². The standard InChI is InChI=1S/C26H19FN2O3S2/c1-2-31-23-13-17(11-12-22(23)32-16-19-8-4-3-7-18(19)15-28)14-24-25(30)29(26(33)34-24)21-10-6-5-9-20(21)27/h3-14H,2,16H2,1H3/b24-14-. The van der Waals surface area contributed by atoms with E-state index in [0.717, 1.165) is 17.3 Å². The summed E-state index contributed by atoms with van der Waals surface area (Å²) in [6.45, 7) is 2.50. The van der Waals surface area contributed by atoms with Crippen LogP contribution in [0.4, 0.5) is 10.1 Å². The van der Waals surface area contributed by atoms with Gasteiger partial charge in [-0.15, -0.1) is 0 Å². The van der Waals surface area contributed by atoms with Gasteiger partial charge in [-0.1, -0.05) is 60.4 Å². The van der Waals surface area contributed by atoms with Crippen LogP contribution in [-0.2, 0) is 11.4 Å². The maximum Gasteiger partial charge on any atom is 0.270 e. The molecule has 170 valence electrons. The van der Waals surface area contributed by atoms with Crippen molar-refractivity contribution in [3.8, 4) is 17.6 Å². The number of thiocarbonyl (C=S) groups is 1. The van der Waals surface area contributed by atoms with Crippen LogP contribution in [0, 0.1) is 17.1 Å². The summed E-state index contributed by atoms with van der Waals surface area (Å²) in [4.78, 5) is 14.6. The molecule has 0 spiro atoms. The third kappa shape index (κ3) is 4.96. The number of hydrogen-bond acceptors (Lipinski definition) is 6. The first-order valence-corrected chi connectivity index (χ1v) is 11.6. The van der Waals surface area contributed by atoms with Gasteiger partial charge < -0.3 is 9.47 Å². The van der Waals surface area contributed by atoms with Gasteiger partial charge in [-0.25, -0.2) is 4.39 Å². The zero-order valence-corrected chi connectivity index (χ0v) is 19.8. The fourth-order valence-electron chi connectivity index (χ4n) is 3.37. The minimum atomic E-state index is -0.516. The Morgan fingerprint density at radius 2 is 1.85 bits per heavy atom. The zero-order valence-electron chi connectivity index (χ0n) is 18.2. The lowest BCUT2D eigenvalue weighted by Crippen LogP contribution is -2.28. The van der Waals surface area contributed by atoms with E-state index in [9.17, 15) is 14.4 Å². The first kappa shape index (κ1) is 23.5. The van der Waals surface area contributed by atoms with Gasteiger partial charge >= 0.3 is 0 Å². The number of carbonyl (C=O) groups is 1. The topological polar surface area (TPSA) is 62.6 Å². The van der Waals surface area contributed by atoms with Crippen molar-refractivity contribution in [1.29, 1.82) is 5.26 Å². The van der Waals surface area contributed by atoms with E-state index in [1.807, 2.05) is 19.1 Å². The first-order valence-electron chi connectivity index (χ1n) is 10.4. The van der Waals surface area contributed by atoms with Gasteiger partial charge in [0, 0.05) is 5.56 Å². The summed E-state index contributed by atoms with van der Waals surface area (Å²) >= 11 is 6.45. The second-order valence-corrected chi connectivity index (χ2v) is 8.84. The predicted molar refractivity (Wildman–Crippen MR) is 135 cm³/mol. The number of benzene rings is 3. The summed E-state index contributed by atoms with van der Waals surface area (Å²) in [5.74, 6) is 0.130. The lowest BCUT2D eigenvalue weighted by molar-refractivity contribution is -0.113. The Kier molecular flexibility index (Phi) is 7.26. The number of rotatable bonds is 7. The van der Waals surface area contributed by atoms with Gasteiger partial charge in [-0.2, -0.15) is 5.26 Å². The van der Waals surface area contributed by atoms with Crippen molar-refractivity contribution in [2.45, 2.75) is 13.5 Å². The normalized spacial score (nSPS) is 14.4. The van der Waals surface area contributed by atoms with Crippen molar-refractivity contribution in [2.75, 3.05) is 11.5 Å². The maximum atomic E-state index is 14.2. The van der Waals surface area contributed by atoms with E-state index in [1.165, 1.54) is 17.0 Å². The van der Waals surface area contributed by atoms with Crippen LogP contribution in [0.15, 0.2) is 71.6 Å². The van der Waals surface area contributed by atoms with Gasteiger partial charge in [-0.05, 0) is 48.9 Å². The molecule has 0 aromatic heterocycles. The highest BCUT2D eigenvalue weighted by atomic mass is 32.2. The van der Waals surface area contributed by atoms with Crippen LogP contribution in [-0.4, -0.2) is 16.8 Å². The van der Waals surface area contributed by atoms with E-state index in [0.29, 0.717) is 34.1 Å². The number of ether oxygens (including phenoxy) is 2. The molecule has 0 N–H and O–H groups in total. The van der Waals surface area contributed by atoms with Crippen LogP contribution in [0.25, 0.3) is 6.08 Å². The Morgan fingerprint density at radius 1 is 1.09 bits per heavy atom. The third-order valence-electron chi connectivity index (χ3n) is 4.97. The van der Waals surface area contributed by atoms with Crippen LogP contribution in [0.2, 0.25) is 0 Å². The average Bonchev–Trinajstić information content (AvgIpc) is 3.11. The number of amides is 1. The Morgan fingerprint density at radius 3 is 2.62 bits per heavy atom. The summed E-state index contributed by atoms with van der Waals surface area (Å²) in [6, 6.07) is 20.7. The highest BCUT2D eigenvalue weighted by Gasteiger charge is 2.34. The summed E-state index contributed by atoms with van der Waals surface area (Å²) in [5.41, 5.74) is 2.16. The molecule has 0 unspecified atom stereocenters. The number of para-hydroxylation sites is 1. The van der Waals surface area contributed by atoms with Crippen LogP contribution in [0.5, 0.6) is 11.5 Å². The predicted octanol–water partition coefficient (Wildman–Crippen LogP) is 6.08. The van der Waals surface area contributed by atoms with Crippen LogP contribution in [0.3, 0.4) is 0 Å². The summed E-state index contributed by atoms with van der Waals surface area (Å²) in [6.07, 6.45) is 1.69. The van der Waals surface area contributed by atoms with E-state index in [1.54, 1.807) is 48.5 Å². The highest BCUT2D eigenvalue weighted by molar-refractivity contribution is 8.27. The van der Waals surface area contributed by atoms with Crippen molar-refractivity contribution in [2.24, 2.45) is 0 Å². The summed E-state index contributed by atoms with van der Waals surface area (Å²) < 4.78 is 26.2. The van der Waals surface area contributed by atoms with E-state index in [4.69, 9.17) is 21.7 Å². The Labute approximate surface area is 206 Å². The second-order valence-electron chi connectivity index (χ2n) is 7.17. The van der Waals surface area contributed by atoms with E-state index < -0.39 is 5.82 Å². The lowest BCUT2D eigenvalue weighted by atomic mass is 10.1. The number of thioether (sulfide) groups is 1. The number of anilines is 1. The molecular weight excluding hydrogens is 471 g/mol. The summed E-state index contributed by atoms with van der Waals surface area (Å²) in [5, 5.41) is 9.27. The lowest BCUT2D eigenvalue weighted by Gasteiger charge is -2.15. The van der Waals surface area contributed by atoms with E-state index in [2.05, 4.69) is 6.07 Å². The molecular formula is C26H19FN2O3S2. The molecule has 1 saturated heterocycles. The average molecular weight is 491 g/mol. The molecule has 0 saturated carbocycles. The fourth-order valence-corrected chi connectivity index (χ4v) is 4.66. The minimum Gasteiger partial charge on any atom is -0.490 e. The number of halogens is 1.